The summed E-state index contributed by atoms with van der Waals surface area (Å²) in [5.41, 5.74) is 8.40. The standard InChI is InChI=1S/C20H23N3O3/c21-14-15-4-6-16(7-5-15)20(24)23-10-8-22(9-11-23)17-2-1-3-18-19(17)26-13-12-25-18/h1-7H,8-14,21H2. The summed E-state index contributed by atoms with van der Waals surface area (Å²) >= 11 is 0. The zero-order chi connectivity index (χ0) is 17.9. The van der Waals surface area contributed by atoms with Gasteiger partial charge in [-0.05, 0) is 29.8 Å². The number of carbonyl (C=O) groups excluding carboxylic acids is 1. The zero-order valence-corrected chi connectivity index (χ0v) is 14.7. The van der Waals surface area contributed by atoms with E-state index in [1.54, 1.807) is 0 Å². The molecule has 26 heavy (non-hydrogen) atoms. The molecule has 1 amide bonds. The third-order valence-electron chi connectivity index (χ3n) is 4.89. The van der Waals surface area contributed by atoms with Gasteiger partial charge in [0.2, 0.25) is 0 Å². The minimum atomic E-state index is 0.0721. The molecule has 2 aliphatic heterocycles. The number of anilines is 1. The Bertz CT molecular complexity index is 783. The molecule has 6 heteroatoms. The van der Waals surface area contributed by atoms with Crippen LogP contribution < -0.4 is 20.1 Å². The van der Waals surface area contributed by atoms with E-state index in [0.717, 1.165) is 35.8 Å². The molecule has 6 nitrogen and oxygen atoms in total. The van der Waals surface area contributed by atoms with Gasteiger partial charge in [-0.2, -0.15) is 0 Å². The van der Waals surface area contributed by atoms with E-state index in [0.29, 0.717) is 38.4 Å². The predicted molar refractivity (Wildman–Crippen MR) is 99.9 cm³/mol. The predicted octanol–water partition coefficient (Wildman–Crippen LogP) is 1.88. The van der Waals surface area contributed by atoms with Gasteiger partial charge in [-0.25, -0.2) is 0 Å². The number of nitrogens with two attached hydrogens (primary N) is 1. The fourth-order valence-electron chi connectivity index (χ4n) is 3.42. The van der Waals surface area contributed by atoms with Crippen LogP contribution in [0.25, 0.3) is 0 Å². The van der Waals surface area contributed by atoms with Crippen molar-refractivity contribution >= 4 is 11.6 Å². The molecular weight excluding hydrogens is 330 g/mol. The Morgan fingerprint density at radius 2 is 1.69 bits per heavy atom. The number of ether oxygens (including phenoxy) is 2. The molecule has 0 saturated carbocycles. The maximum absolute atomic E-state index is 12.7. The summed E-state index contributed by atoms with van der Waals surface area (Å²) in [5.74, 6) is 1.69. The number of piperazine rings is 1. The Kier molecular flexibility index (Phi) is 4.67. The normalized spacial score (nSPS) is 16.5. The molecule has 2 aliphatic rings. The van der Waals surface area contributed by atoms with E-state index in [2.05, 4.69) is 11.0 Å². The van der Waals surface area contributed by atoms with Crippen molar-refractivity contribution in [2.45, 2.75) is 6.54 Å². The molecule has 1 fully saturated rings. The lowest BCUT2D eigenvalue weighted by Crippen LogP contribution is -2.49. The second-order valence-electron chi connectivity index (χ2n) is 6.48. The molecule has 0 atom stereocenters. The van der Waals surface area contributed by atoms with Crippen LogP contribution in [0.5, 0.6) is 11.5 Å². The molecule has 136 valence electrons. The van der Waals surface area contributed by atoms with Gasteiger partial charge in [-0.15, -0.1) is 0 Å². The molecule has 0 aliphatic carbocycles. The lowest BCUT2D eigenvalue weighted by molar-refractivity contribution is 0.0746. The first-order chi connectivity index (χ1) is 12.8. The van der Waals surface area contributed by atoms with Crippen LogP contribution in [-0.2, 0) is 6.54 Å². The third-order valence-corrected chi connectivity index (χ3v) is 4.89. The fraction of sp³-hybridized carbons (Fsp3) is 0.350. The number of carbonyl (C=O) groups is 1. The fourth-order valence-corrected chi connectivity index (χ4v) is 3.42. The minimum absolute atomic E-state index is 0.0721. The zero-order valence-electron chi connectivity index (χ0n) is 14.7. The van der Waals surface area contributed by atoms with E-state index in [-0.39, 0.29) is 5.91 Å². The smallest absolute Gasteiger partial charge is 0.253 e. The first-order valence-electron chi connectivity index (χ1n) is 8.98. The summed E-state index contributed by atoms with van der Waals surface area (Å²) in [6, 6.07) is 13.5. The largest absolute Gasteiger partial charge is 0.486 e. The van der Waals surface area contributed by atoms with Crippen LogP contribution in [0.4, 0.5) is 5.69 Å². The van der Waals surface area contributed by atoms with Gasteiger partial charge in [0.05, 0.1) is 5.69 Å². The Hall–Kier alpha value is -2.73. The molecule has 1 saturated heterocycles. The number of hydrogen-bond donors (Lipinski definition) is 1. The summed E-state index contributed by atoms with van der Waals surface area (Å²) in [6.45, 7) is 4.55. The van der Waals surface area contributed by atoms with Crippen LogP contribution in [0.3, 0.4) is 0 Å². The summed E-state index contributed by atoms with van der Waals surface area (Å²) < 4.78 is 11.5. The van der Waals surface area contributed by atoms with Crippen molar-refractivity contribution in [3.8, 4) is 11.5 Å². The molecule has 0 unspecified atom stereocenters. The molecule has 2 aromatic rings. The number of hydrogen-bond acceptors (Lipinski definition) is 5. The van der Waals surface area contributed by atoms with Crippen molar-refractivity contribution < 1.29 is 14.3 Å². The maximum atomic E-state index is 12.7. The number of para-hydroxylation sites is 1. The summed E-state index contributed by atoms with van der Waals surface area (Å²) in [5, 5.41) is 0. The van der Waals surface area contributed by atoms with Crippen LogP contribution in [-0.4, -0.2) is 50.2 Å². The van der Waals surface area contributed by atoms with Gasteiger partial charge in [-0.3, -0.25) is 4.79 Å². The highest BCUT2D eigenvalue weighted by Crippen LogP contribution is 2.39. The van der Waals surface area contributed by atoms with Crippen molar-refractivity contribution in [1.29, 1.82) is 0 Å². The Morgan fingerprint density at radius 3 is 2.42 bits per heavy atom. The van der Waals surface area contributed by atoms with E-state index < -0.39 is 0 Å². The van der Waals surface area contributed by atoms with Crippen LogP contribution in [0.1, 0.15) is 15.9 Å². The van der Waals surface area contributed by atoms with Gasteiger partial charge in [0, 0.05) is 38.3 Å². The Labute approximate surface area is 153 Å². The first kappa shape index (κ1) is 16.7. The molecule has 0 aromatic heterocycles. The van der Waals surface area contributed by atoms with Crippen LogP contribution in [0.15, 0.2) is 42.5 Å². The third kappa shape index (κ3) is 3.20. The Morgan fingerprint density at radius 1 is 0.962 bits per heavy atom. The summed E-state index contributed by atoms with van der Waals surface area (Å²) in [7, 11) is 0. The minimum Gasteiger partial charge on any atom is -0.486 e. The Balaban J connectivity index is 1.43. The van der Waals surface area contributed by atoms with Crippen molar-refractivity contribution in [3.05, 3.63) is 53.6 Å². The van der Waals surface area contributed by atoms with Gasteiger partial charge in [0.15, 0.2) is 11.5 Å². The lowest BCUT2D eigenvalue weighted by Gasteiger charge is -2.37. The molecule has 2 heterocycles. The van der Waals surface area contributed by atoms with Crippen LogP contribution >= 0.6 is 0 Å². The number of nitrogens with zero attached hydrogens (tertiary/aromatic N) is 2. The molecule has 4 rings (SSSR count). The topological polar surface area (TPSA) is 68.0 Å². The van der Waals surface area contributed by atoms with E-state index in [9.17, 15) is 4.79 Å². The molecule has 2 aromatic carbocycles. The van der Waals surface area contributed by atoms with Crippen molar-refractivity contribution in [2.24, 2.45) is 5.73 Å². The average molecular weight is 353 g/mol. The van der Waals surface area contributed by atoms with Gasteiger partial charge in [0.25, 0.3) is 5.91 Å². The van der Waals surface area contributed by atoms with Gasteiger partial charge in [0.1, 0.15) is 13.2 Å². The number of rotatable bonds is 3. The second kappa shape index (κ2) is 7.25. The molecule has 0 spiro atoms. The van der Waals surface area contributed by atoms with Crippen molar-refractivity contribution in [1.82, 2.24) is 4.90 Å². The molecular formula is C20H23N3O3. The first-order valence-corrected chi connectivity index (χ1v) is 8.98. The van der Waals surface area contributed by atoms with Crippen LogP contribution in [0.2, 0.25) is 0 Å². The number of fused-ring (bicyclic) bond motifs is 1. The number of benzene rings is 2. The number of amides is 1. The van der Waals surface area contributed by atoms with E-state index in [4.69, 9.17) is 15.2 Å². The molecule has 0 radical (unpaired) electrons. The van der Waals surface area contributed by atoms with Crippen molar-refractivity contribution in [3.63, 3.8) is 0 Å². The molecule has 2 N–H and O–H groups in total. The average Bonchev–Trinajstić information content (AvgIpc) is 2.73. The van der Waals surface area contributed by atoms with Crippen molar-refractivity contribution in [2.75, 3.05) is 44.3 Å². The highest BCUT2D eigenvalue weighted by molar-refractivity contribution is 5.94. The van der Waals surface area contributed by atoms with Gasteiger partial charge >= 0.3 is 0 Å². The monoisotopic (exact) mass is 353 g/mol. The van der Waals surface area contributed by atoms with E-state index in [1.165, 1.54) is 0 Å². The van der Waals surface area contributed by atoms with E-state index >= 15 is 0 Å². The van der Waals surface area contributed by atoms with Gasteiger partial charge < -0.3 is 25.0 Å². The second-order valence-corrected chi connectivity index (χ2v) is 6.48. The highest BCUT2D eigenvalue weighted by Gasteiger charge is 2.26. The van der Waals surface area contributed by atoms with Crippen LogP contribution in [0, 0.1) is 0 Å². The summed E-state index contributed by atoms with van der Waals surface area (Å²) in [6.07, 6.45) is 0. The highest BCUT2D eigenvalue weighted by atomic mass is 16.6. The van der Waals surface area contributed by atoms with E-state index in [1.807, 2.05) is 41.3 Å². The SMILES string of the molecule is NCc1ccc(C(=O)N2CCN(c3cccc4c3OCCO4)CC2)cc1. The molecule has 0 bridgehead atoms. The maximum Gasteiger partial charge on any atom is 0.253 e. The summed E-state index contributed by atoms with van der Waals surface area (Å²) in [4.78, 5) is 16.9. The quantitative estimate of drug-likeness (QED) is 0.913. The lowest BCUT2D eigenvalue weighted by atomic mass is 10.1. The van der Waals surface area contributed by atoms with Gasteiger partial charge in [-0.1, -0.05) is 18.2 Å².